The van der Waals surface area contributed by atoms with Crippen LogP contribution in [0.2, 0.25) is 0 Å². The number of likely N-dealkylation sites (tertiary alicyclic amines) is 1. The number of nitrogens with zero attached hydrogens (tertiary/aromatic N) is 3. The number of terminal acetylenes is 1. The average Bonchev–Trinajstić information content (AvgIpc) is 2.69. The summed E-state index contributed by atoms with van der Waals surface area (Å²) in [6, 6.07) is 3.21. The molecule has 1 fully saturated rings. The van der Waals surface area contributed by atoms with E-state index in [-0.39, 0.29) is 34.1 Å². The molecule has 1 saturated heterocycles. The second-order valence-electron chi connectivity index (χ2n) is 6.56. The van der Waals surface area contributed by atoms with Crippen molar-refractivity contribution >= 4 is 15.9 Å². The second-order valence-corrected chi connectivity index (χ2v) is 8.57. The van der Waals surface area contributed by atoms with Crippen molar-refractivity contribution in [3.05, 3.63) is 35.9 Å². The van der Waals surface area contributed by atoms with Crippen LogP contribution in [0.3, 0.4) is 0 Å². The van der Waals surface area contributed by atoms with E-state index in [9.17, 15) is 17.6 Å². The van der Waals surface area contributed by atoms with Gasteiger partial charge in [-0.05, 0) is 18.2 Å². The summed E-state index contributed by atoms with van der Waals surface area (Å²) in [5.41, 5.74) is 0.0600. The van der Waals surface area contributed by atoms with Crippen molar-refractivity contribution in [1.82, 2.24) is 14.9 Å². The Morgan fingerprint density at radius 3 is 2.53 bits per heavy atom. The molecule has 0 spiro atoms. The number of hydrogen-bond acceptors (Lipinski definition) is 7. The van der Waals surface area contributed by atoms with E-state index >= 15 is 0 Å². The predicted octanol–water partition coefficient (Wildman–Crippen LogP) is 2.31. The topological polar surface area (TPSA) is 119 Å². The highest BCUT2D eigenvalue weighted by atomic mass is 32.2. The molecule has 158 valence electrons. The van der Waals surface area contributed by atoms with Gasteiger partial charge in [-0.2, -0.15) is 0 Å². The Hall–Kier alpha value is -3.39. The molecule has 0 atom stereocenters. The van der Waals surface area contributed by atoms with Crippen molar-refractivity contribution in [1.29, 1.82) is 0 Å². The number of hydrogen-bond donors (Lipinski definition) is 1. The molecule has 0 aliphatic carbocycles. The third kappa shape index (κ3) is 4.77. The minimum absolute atomic E-state index is 0.0597. The maximum Gasteiger partial charge on any atom is 0.407 e. The van der Waals surface area contributed by atoms with E-state index in [4.69, 9.17) is 21.0 Å². The van der Waals surface area contributed by atoms with E-state index in [1.165, 1.54) is 11.0 Å². The Morgan fingerprint density at radius 2 is 1.97 bits per heavy atom. The van der Waals surface area contributed by atoms with Gasteiger partial charge in [0.15, 0.2) is 21.4 Å². The standard InChI is InChI=1S/C19H18FN3O6S/c1-3-14-17(28-12-6-8-23(9-7-12)19(24)25)21-11-22-18(14)29-16-5-4-13(10-15(16)20)30(2,26)27/h1,4-5,10-12H,6-9H2,2H3,(H,24,25). The average molecular weight is 435 g/mol. The number of carboxylic acid groups (broad SMARTS) is 1. The maximum absolute atomic E-state index is 14.3. The van der Waals surface area contributed by atoms with Crippen molar-refractivity contribution in [2.24, 2.45) is 0 Å². The van der Waals surface area contributed by atoms with E-state index in [0.29, 0.717) is 25.9 Å². The van der Waals surface area contributed by atoms with Gasteiger partial charge in [-0.25, -0.2) is 27.6 Å². The summed E-state index contributed by atoms with van der Waals surface area (Å²) < 4.78 is 48.6. The molecule has 1 aromatic carbocycles. The van der Waals surface area contributed by atoms with Gasteiger partial charge in [0.2, 0.25) is 11.8 Å². The predicted molar refractivity (Wildman–Crippen MR) is 103 cm³/mol. The Labute approximate surface area is 172 Å². The van der Waals surface area contributed by atoms with E-state index in [1.54, 1.807) is 0 Å². The highest BCUT2D eigenvalue weighted by Gasteiger charge is 2.25. The lowest BCUT2D eigenvalue weighted by Gasteiger charge is -2.30. The SMILES string of the molecule is C#Cc1c(Oc2ccc(S(C)(=O)=O)cc2F)ncnc1OC1CCN(C(=O)O)CC1. The molecule has 1 amide bonds. The number of piperidine rings is 1. The molecular weight excluding hydrogens is 417 g/mol. The molecule has 2 heterocycles. The molecule has 0 unspecified atom stereocenters. The van der Waals surface area contributed by atoms with Gasteiger partial charge >= 0.3 is 6.09 Å². The molecule has 30 heavy (non-hydrogen) atoms. The minimum atomic E-state index is -3.57. The van der Waals surface area contributed by atoms with Crippen LogP contribution in [0, 0.1) is 18.2 Å². The highest BCUT2D eigenvalue weighted by Crippen LogP contribution is 2.31. The fourth-order valence-corrected chi connectivity index (χ4v) is 3.50. The number of sulfone groups is 1. The smallest absolute Gasteiger partial charge is 0.407 e. The highest BCUT2D eigenvalue weighted by molar-refractivity contribution is 7.90. The summed E-state index contributed by atoms with van der Waals surface area (Å²) in [5, 5.41) is 9.01. The van der Waals surface area contributed by atoms with Gasteiger partial charge in [-0.3, -0.25) is 0 Å². The summed E-state index contributed by atoms with van der Waals surface area (Å²) in [6.45, 7) is 0.634. The van der Waals surface area contributed by atoms with E-state index in [2.05, 4.69) is 15.9 Å². The number of ether oxygens (including phenoxy) is 2. The maximum atomic E-state index is 14.3. The van der Waals surface area contributed by atoms with Gasteiger partial charge < -0.3 is 19.5 Å². The van der Waals surface area contributed by atoms with E-state index in [0.717, 1.165) is 24.7 Å². The summed E-state index contributed by atoms with van der Waals surface area (Å²) in [5.74, 6) is 1.12. The minimum Gasteiger partial charge on any atom is -0.473 e. The molecule has 1 aliphatic rings. The second kappa shape index (κ2) is 8.54. The van der Waals surface area contributed by atoms with Crippen LogP contribution < -0.4 is 9.47 Å². The quantitative estimate of drug-likeness (QED) is 0.711. The first-order valence-electron chi connectivity index (χ1n) is 8.82. The van der Waals surface area contributed by atoms with Crippen LogP contribution in [0.15, 0.2) is 29.4 Å². The molecule has 0 bridgehead atoms. The Morgan fingerprint density at radius 1 is 1.30 bits per heavy atom. The third-order valence-electron chi connectivity index (χ3n) is 4.45. The van der Waals surface area contributed by atoms with Crippen LogP contribution in [-0.2, 0) is 9.84 Å². The van der Waals surface area contributed by atoms with Crippen molar-refractivity contribution < 1.29 is 32.2 Å². The normalized spacial score (nSPS) is 14.8. The molecule has 1 aliphatic heterocycles. The summed E-state index contributed by atoms with van der Waals surface area (Å²) >= 11 is 0. The number of halogens is 1. The lowest BCUT2D eigenvalue weighted by Crippen LogP contribution is -2.41. The molecule has 3 rings (SSSR count). The van der Waals surface area contributed by atoms with Gasteiger partial charge in [-0.1, -0.05) is 5.92 Å². The molecule has 2 aromatic rings. The first-order valence-corrected chi connectivity index (χ1v) is 10.7. The Bertz CT molecular complexity index is 1110. The molecular formula is C19H18FN3O6S. The fraction of sp³-hybridized carbons (Fsp3) is 0.316. The van der Waals surface area contributed by atoms with Gasteiger partial charge in [0.25, 0.3) is 0 Å². The number of aromatic nitrogens is 2. The first-order chi connectivity index (χ1) is 14.2. The van der Waals surface area contributed by atoms with Gasteiger partial charge in [0.05, 0.1) is 4.90 Å². The number of amides is 1. The van der Waals surface area contributed by atoms with Crippen LogP contribution in [0.1, 0.15) is 18.4 Å². The van der Waals surface area contributed by atoms with E-state index in [1.807, 2.05) is 0 Å². The lowest BCUT2D eigenvalue weighted by molar-refractivity contribution is 0.0867. The van der Waals surface area contributed by atoms with Crippen LogP contribution in [-0.4, -0.2) is 59.9 Å². The van der Waals surface area contributed by atoms with Gasteiger partial charge in [0.1, 0.15) is 18.0 Å². The van der Waals surface area contributed by atoms with E-state index < -0.39 is 21.7 Å². The van der Waals surface area contributed by atoms with Crippen LogP contribution >= 0.6 is 0 Å². The van der Waals surface area contributed by atoms with Gasteiger partial charge in [0, 0.05) is 32.2 Å². The zero-order valence-electron chi connectivity index (χ0n) is 15.9. The number of rotatable bonds is 5. The van der Waals surface area contributed by atoms with Crippen LogP contribution in [0.25, 0.3) is 0 Å². The summed E-state index contributed by atoms with van der Waals surface area (Å²) in [4.78, 5) is 20.0. The van der Waals surface area contributed by atoms with Crippen molar-refractivity contribution in [2.45, 2.75) is 23.8 Å². The first kappa shape index (κ1) is 21.3. The zero-order valence-corrected chi connectivity index (χ0v) is 16.7. The molecule has 0 saturated carbocycles. The summed E-state index contributed by atoms with van der Waals surface area (Å²) in [6.07, 6.45) is 7.27. The summed E-state index contributed by atoms with van der Waals surface area (Å²) in [7, 11) is -3.57. The molecule has 1 N–H and O–H groups in total. The van der Waals surface area contributed by atoms with Crippen LogP contribution in [0.5, 0.6) is 17.5 Å². The number of carbonyl (C=O) groups is 1. The molecule has 0 radical (unpaired) electrons. The Balaban J connectivity index is 1.79. The van der Waals surface area contributed by atoms with Gasteiger partial charge in [-0.15, -0.1) is 6.42 Å². The fourth-order valence-electron chi connectivity index (χ4n) is 2.87. The van der Waals surface area contributed by atoms with Crippen molar-refractivity contribution in [3.63, 3.8) is 0 Å². The third-order valence-corrected chi connectivity index (χ3v) is 5.56. The molecule has 9 nitrogen and oxygen atoms in total. The molecule has 11 heteroatoms. The largest absolute Gasteiger partial charge is 0.473 e. The molecule has 1 aromatic heterocycles. The number of benzene rings is 1. The monoisotopic (exact) mass is 435 g/mol. The van der Waals surface area contributed by atoms with Crippen LogP contribution in [0.4, 0.5) is 9.18 Å². The zero-order chi connectivity index (χ0) is 21.9. The lowest BCUT2D eigenvalue weighted by atomic mass is 10.1. The van der Waals surface area contributed by atoms with Crippen molar-refractivity contribution in [2.75, 3.05) is 19.3 Å². The Kier molecular flexibility index (Phi) is 6.07. The van der Waals surface area contributed by atoms with Crippen molar-refractivity contribution in [3.8, 4) is 29.9 Å².